The Labute approximate surface area is 109 Å². The van der Waals surface area contributed by atoms with Gasteiger partial charge in [0.1, 0.15) is 6.04 Å². The quantitative estimate of drug-likeness (QED) is 0.793. The Morgan fingerprint density at radius 3 is 2.44 bits per heavy atom. The highest BCUT2D eigenvalue weighted by Crippen LogP contribution is 2.29. The van der Waals surface area contributed by atoms with Crippen LogP contribution >= 0.6 is 0 Å². The summed E-state index contributed by atoms with van der Waals surface area (Å²) in [4.78, 5) is 23.4. The molecule has 4 heteroatoms. The first-order chi connectivity index (χ1) is 8.47. The van der Waals surface area contributed by atoms with E-state index in [0.717, 1.165) is 25.7 Å². The molecule has 104 valence electrons. The van der Waals surface area contributed by atoms with Crippen LogP contribution in [0.2, 0.25) is 0 Å². The summed E-state index contributed by atoms with van der Waals surface area (Å²) in [5, 5.41) is 11.9. The number of carbonyl (C=O) groups excluding carboxylic acids is 1. The van der Waals surface area contributed by atoms with E-state index in [1.165, 1.54) is 6.42 Å². The maximum atomic E-state index is 12.2. The van der Waals surface area contributed by atoms with Crippen LogP contribution in [-0.2, 0) is 9.59 Å². The minimum atomic E-state index is -0.929. The summed E-state index contributed by atoms with van der Waals surface area (Å²) in [7, 11) is 0. The van der Waals surface area contributed by atoms with Gasteiger partial charge in [-0.1, -0.05) is 40.0 Å². The van der Waals surface area contributed by atoms with E-state index < -0.39 is 12.0 Å². The minimum absolute atomic E-state index is 0.00958. The molecule has 0 bridgehead atoms. The second kappa shape index (κ2) is 6.76. The SMILES string of the molecule is CC[C@H](C)[C@@H](NC(=O)[C@@H]1CCCC[C@@H]1C)C(=O)O. The van der Waals surface area contributed by atoms with E-state index in [-0.39, 0.29) is 17.7 Å². The van der Waals surface area contributed by atoms with Crippen molar-refractivity contribution in [2.75, 3.05) is 0 Å². The fourth-order valence-corrected chi connectivity index (χ4v) is 2.65. The molecule has 1 fully saturated rings. The molecule has 0 aromatic heterocycles. The molecule has 18 heavy (non-hydrogen) atoms. The first kappa shape index (κ1) is 15.0. The average Bonchev–Trinajstić information content (AvgIpc) is 2.35. The molecule has 0 aromatic rings. The molecule has 0 unspecified atom stereocenters. The first-order valence-corrected chi connectivity index (χ1v) is 7.00. The fourth-order valence-electron chi connectivity index (χ4n) is 2.65. The number of hydrogen-bond acceptors (Lipinski definition) is 2. The predicted molar refractivity (Wildman–Crippen MR) is 70.1 cm³/mol. The third-order valence-electron chi connectivity index (χ3n) is 4.23. The van der Waals surface area contributed by atoms with E-state index in [9.17, 15) is 14.7 Å². The zero-order chi connectivity index (χ0) is 13.7. The van der Waals surface area contributed by atoms with Gasteiger partial charge in [0.2, 0.25) is 5.91 Å². The number of hydrogen-bond donors (Lipinski definition) is 2. The zero-order valence-corrected chi connectivity index (χ0v) is 11.6. The molecule has 4 atom stereocenters. The topological polar surface area (TPSA) is 66.4 Å². The van der Waals surface area contributed by atoms with Gasteiger partial charge in [0.05, 0.1) is 0 Å². The van der Waals surface area contributed by atoms with Crippen molar-refractivity contribution in [2.45, 2.75) is 58.9 Å². The minimum Gasteiger partial charge on any atom is -0.480 e. The molecule has 1 aliphatic carbocycles. The Hall–Kier alpha value is -1.06. The van der Waals surface area contributed by atoms with E-state index in [0.29, 0.717) is 5.92 Å². The van der Waals surface area contributed by atoms with E-state index in [2.05, 4.69) is 12.2 Å². The first-order valence-electron chi connectivity index (χ1n) is 7.00. The standard InChI is InChI=1S/C14H25NO3/c1-4-9(2)12(14(17)18)15-13(16)11-8-6-5-7-10(11)3/h9-12H,4-8H2,1-3H3,(H,15,16)(H,17,18)/t9-,10-,11+,12+/m0/s1. The molecule has 0 spiro atoms. The Balaban J connectivity index is 2.63. The normalized spacial score (nSPS) is 27.3. The summed E-state index contributed by atoms with van der Waals surface area (Å²) in [5.74, 6) is -0.684. The molecule has 4 nitrogen and oxygen atoms in total. The van der Waals surface area contributed by atoms with Gasteiger partial charge in [-0.25, -0.2) is 4.79 Å². The van der Waals surface area contributed by atoms with Crippen molar-refractivity contribution in [2.24, 2.45) is 17.8 Å². The van der Waals surface area contributed by atoms with Crippen molar-refractivity contribution in [3.63, 3.8) is 0 Å². The van der Waals surface area contributed by atoms with Crippen LogP contribution in [0.3, 0.4) is 0 Å². The van der Waals surface area contributed by atoms with Crippen molar-refractivity contribution in [1.82, 2.24) is 5.32 Å². The van der Waals surface area contributed by atoms with Gasteiger partial charge in [0.25, 0.3) is 0 Å². The maximum Gasteiger partial charge on any atom is 0.326 e. The van der Waals surface area contributed by atoms with Crippen molar-refractivity contribution in [3.05, 3.63) is 0 Å². The Bertz CT molecular complexity index is 303. The number of rotatable bonds is 5. The molecule has 1 saturated carbocycles. The molecular weight excluding hydrogens is 230 g/mol. The van der Waals surface area contributed by atoms with Gasteiger partial charge < -0.3 is 10.4 Å². The van der Waals surface area contributed by atoms with Gasteiger partial charge in [0.15, 0.2) is 0 Å². The summed E-state index contributed by atoms with van der Waals surface area (Å²) >= 11 is 0. The summed E-state index contributed by atoms with van der Waals surface area (Å²) in [6.07, 6.45) is 4.96. The third kappa shape index (κ3) is 3.72. The average molecular weight is 255 g/mol. The molecule has 0 aromatic carbocycles. The third-order valence-corrected chi connectivity index (χ3v) is 4.23. The lowest BCUT2D eigenvalue weighted by atomic mass is 9.79. The van der Waals surface area contributed by atoms with Crippen LogP contribution < -0.4 is 5.32 Å². The highest BCUT2D eigenvalue weighted by molar-refractivity contribution is 5.85. The lowest BCUT2D eigenvalue weighted by molar-refractivity contribution is -0.144. The van der Waals surface area contributed by atoms with E-state index in [1.807, 2.05) is 13.8 Å². The number of carboxylic acid groups (broad SMARTS) is 1. The largest absolute Gasteiger partial charge is 0.480 e. The number of carboxylic acids is 1. The summed E-state index contributed by atoms with van der Waals surface area (Å²) < 4.78 is 0. The summed E-state index contributed by atoms with van der Waals surface area (Å²) in [6, 6.07) is -0.753. The fraction of sp³-hybridized carbons (Fsp3) is 0.857. The molecule has 0 radical (unpaired) electrons. The highest BCUT2D eigenvalue weighted by Gasteiger charge is 2.32. The van der Waals surface area contributed by atoms with Crippen LogP contribution in [0, 0.1) is 17.8 Å². The highest BCUT2D eigenvalue weighted by atomic mass is 16.4. The molecule has 1 aliphatic rings. The van der Waals surface area contributed by atoms with Crippen molar-refractivity contribution in [3.8, 4) is 0 Å². The second-order valence-electron chi connectivity index (χ2n) is 5.58. The van der Waals surface area contributed by atoms with Gasteiger partial charge in [-0.2, -0.15) is 0 Å². The smallest absolute Gasteiger partial charge is 0.326 e. The van der Waals surface area contributed by atoms with Crippen LogP contribution in [0.25, 0.3) is 0 Å². The van der Waals surface area contributed by atoms with Gasteiger partial charge >= 0.3 is 5.97 Å². The van der Waals surface area contributed by atoms with Crippen LogP contribution in [0.1, 0.15) is 52.9 Å². The number of amides is 1. The van der Waals surface area contributed by atoms with Crippen LogP contribution in [0.4, 0.5) is 0 Å². The lowest BCUT2D eigenvalue weighted by Crippen LogP contribution is -2.48. The monoisotopic (exact) mass is 255 g/mol. The van der Waals surface area contributed by atoms with E-state index in [4.69, 9.17) is 0 Å². The molecular formula is C14H25NO3. The Kier molecular flexibility index (Phi) is 5.63. The molecule has 1 amide bonds. The van der Waals surface area contributed by atoms with Crippen molar-refractivity contribution >= 4 is 11.9 Å². The second-order valence-corrected chi connectivity index (χ2v) is 5.58. The van der Waals surface area contributed by atoms with Crippen molar-refractivity contribution < 1.29 is 14.7 Å². The molecule has 0 saturated heterocycles. The van der Waals surface area contributed by atoms with Gasteiger partial charge in [-0.05, 0) is 24.7 Å². The van der Waals surface area contributed by atoms with Gasteiger partial charge in [0, 0.05) is 5.92 Å². The molecule has 0 aliphatic heterocycles. The zero-order valence-electron chi connectivity index (χ0n) is 11.6. The molecule has 2 N–H and O–H groups in total. The number of nitrogens with one attached hydrogen (secondary N) is 1. The number of aliphatic carboxylic acids is 1. The Morgan fingerprint density at radius 1 is 1.33 bits per heavy atom. The van der Waals surface area contributed by atoms with Crippen molar-refractivity contribution in [1.29, 1.82) is 0 Å². The van der Waals surface area contributed by atoms with E-state index >= 15 is 0 Å². The van der Waals surface area contributed by atoms with Crippen LogP contribution in [0.15, 0.2) is 0 Å². The van der Waals surface area contributed by atoms with Crippen LogP contribution in [0.5, 0.6) is 0 Å². The van der Waals surface area contributed by atoms with Gasteiger partial charge in [-0.3, -0.25) is 4.79 Å². The molecule has 1 rings (SSSR count). The van der Waals surface area contributed by atoms with Gasteiger partial charge in [-0.15, -0.1) is 0 Å². The lowest BCUT2D eigenvalue weighted by Gasteiger charge is -2.30. The Morgan fingerprint density at radius 2 is 1.94 bits per heavy atom. The predicted octanol–water partition coefficient (Wildman–Crippen LogP) is 2.43. The summed E-state index contributed by atoms with van der Waals surface area (Å²) in [5.41, 5.74) is 0. The van der Waals surface area contributed by atoms with E-state index in [1.54, 1.807) is 0 Å². The molecule has 0 heterocycles. The summed E-state index contributed by atoms with van der Waals surface area (Å²) in [6.45, 7) is 5.89. The maximum absolute atomic E-state index is 12.2. The number of carbonyl (C=O) groups is 2. The van der Waals surface area contributed by atoms with Crippen LogP contribution in [-0.4, -0.2) is 23.0 Å².